The highest BCUT2D eigenvalue weighted by atomic mass is 35.5. The molecule has 0 radical (unpaired) electrons. The summed E-state index contributed by atoms with van der Waals surface area (Å²) in [5, 5.41) is 2.02. The molecule has 0 aliphatic carbocycles. The number of halogens is 1. The molecule has 0 saturated carbocycles. The molecule has 4 heteroatoms. The van der Waals surface area contributed by atoms with Crippen LogP contribution in [0.25, 0.3) is 10.6 Å². The summed E-state index contributed by atoms with van der Waals surface area (Å²) >= 11 is 8.92. The van der Waals surface area contributed by atoms with E-state index in [1.165, 1.54) is 0 Å². The first-order valence-corrected chi connectivity index (χ1v) is 5.14. The molecule has 11 heavy (non-hydrogen) atoms. The lowest BCUT2D eigenvalue weighted by molar-refractivity contribution is 1.43. The Kier molecular flexibility index (Phi) is 1.94. The molecule has 2 rings (SSSR count). The molecule has 0 saturated heterocycles. The Balaban J connectivity index is 2.45. The van der Waals surface area contributed by atoms with Gasteiger partial charge >= 0.3 is 0 Å². The minimum absolute atomic E-state index is 0.813. The quantitative estimate of drug-likeness (QED) is 0.688. The van der Waals surface area contributed by atoms with E-state index in [4.69, 9.17) is 11.6 Å². The molecule has 2 aromatic rings. The van der Waals surface area contributed by atoms with Gasteiger partial charge in [0.25, 0.3) is 0 Å². The zero-order valence-electron chi connectivity index (χ0n) is 5.45. The van der Waals surface area contributed by atoms with Gasteiger partial charge in [0.15, 0.2) is 0 Å². The Hall–Kier alpha value is -0.380. The van der Waals surface area contributed by atoms with Crippen molar-refractivity contribution in [2.45, 2.75) is 0 Å². The summed E-state index contributed by atoms with van der Waals surface area (Å²) in [6.07, 6.45) is 0. The molecular formula is C7H4ClNS2. The molecule has 0 aliphatic rings. The maximum atomic E-state index is 5.77. The monoisotopic (exact) mass is 201 g/mol. The van der Waals surface area contributed by atoms with E-state index in [1.54, 1.807) is 22.7 Å². The summed E-state index contributed by atoms with van der Waals surface area (Å²) in [5.74, 6) is 0. The number of rotatable bonds is 1. The Morgan fingerprint density at radius 1 is 1.36 bits per heavy atom. The minimum Gasteiger partial charge on any atom is -0.244 e. The zero-order valence-corrected chi connectivity index (χ0v) is 7.84. The summed E-state index contributed by atoms with van der Waals surface area (Å²) < 4.78 is 0.813. The molecule has 0 aromatic carbocycles. The largest absolute Gasteiger partial charge is 0.244 e. The van der Waals surface area contributed by atoms with Crippen LogP contribution >= 0.6 is 34.3 Å². The van der Waals surface area contributed by atoms with Crippen LogP contribution in [0.3, 0.4) is 0 Å². The van der Waals surface area contributed by atoms with E-state index in [-0.39, 0.29) is 0 Å². The van der Waals surface area contributed by atoms with Gasteiger partial charge in [-0.3, -0.25) is 0 Å². The normalized spacial score (nSPS) is 10.3. The molecule has 56 valence electrons. The van der Waals surface area contributed by atoms with E-state index >= 15 is 0 Å². The first kappa shape index (κ1) is 7.28. The topological polar surface area (TPSA) is 12.9 Å². The number of thiazole rings is 1. The highest BCUT2D eigenvalue weighted by Crippen LogP contribution is 2.30. The Labute approximate surface area is 77.3 Å². The summed E-state index contributed by atoms with van der Waals surface area (Å²) in [7, 11) is 0. The standard InChI is InChI=1S/C7H4ClNS2/c8-7-2-1-6(11-7)5-3-10-4-9-5/h1-4H. The van der Waals surface area contributed by atoms with Gasteiger partial charge < -0.3 is 0 Å². The van der Waals surface area contributed by atoms with Crippen LogP contribution in [0.15, 0.2) is 23.0 Å². The number of hydrogen-bond acceptors (Lipinski definition) is 3. The second-order valence-electron chi connectivity index (χ2n) is 1.98. The molecule has 2 heterocycles. The van der Waals surface area contributed by atoms with E-state index < -0.39 is 0 Å². The number of nitrogens with zero attached hydrogens (tertiary/aromatic N) is 1. The number of hydrogen-bond donors (Lipinski definition) is 0. The molecule has 0 bridgehead atoms. The maximum Gasteiger partial charge on any atom is 0.0935 e. The lowest BCUT2D eigenvalue weighted by atomic mass is 10.4. The van der Waals surface area contributed by atoms with E-state index in [0.717, 1.165) is 14.9 Å². The summed E-state index contributed by atoms with van der Waals surface area (Å²) in [5.41, 5.74) is 2.84. The van der Waals surface area contributed by atoms with Crippen molar-refractivity contribution in [2.24, 2.45) is 0 Å². The maximum absolute atomic E-state index is 5.77. The molecular weight excluding hydrogens is 198 g/mol. The van der Waals surface area contributed by atoms with Gasteiger partial charge in [0.1, 0.15) is 0 Å². The lowest BCUT2D eigenvalue weighted by Crippen LogP contribution is -1.65. The van der Waals surface area contributed by atoms with Crippen molar-refractivity contribution in [2.75, 3.05) is 0 Å². The van der Waals surface area contributed by atoms with Crippen molar-refractivity contribution in [3.8, 4) is 10.6 Å². The average molecular weight is 202 g/mol. The Morgan fingerprint density at radius 2 is 2.27 bits per heavy atom. The van der Waals surface area contributed by atoms with Gasteiger partial charge in [0.2, 0.25) is 0 Å². The molecule has 0 N–H and O–H groups in total. The Bertz CT molecular complexity index is 339. The van der Waals surface area contributed by atoms with Crippen LogP contribution in [-0.2, 0) is 0 Å². The zero-order chi connectivity index (χ0) is 7.68. The van der Waals surface area contributed by atoms with Crippen molar-refractivity contribution in [3.63, 3.8) is 0 Å². The first-order valence-electron chi connectivity index (χ1n) is 3.00. The van der Waals surface area contributed by atoms with Gasteiger partial charge in [0, 0.05) is 5.38 Å². The fraction of sp³-hybridized carbons (Fsp3) is 0. The van der Waals surface area contributed by atoms with Crippen LogP contribution in [0.1, 0.15) is 0 Å². The molecule has 0 amide bonds. The summed E-state index contributed by atoms with van der Waals surface area (Å²) in [6, 6.07) is 3.88. The molecule has 0 spiro atoms. The fourth-order valence-electron chi connectivity index (χ4n) is 0.786. The van der Waals surface area contributed by atoms with Crippen molar-refractivity contribution in [3.05, 3.63) is 27.4 Å². The highest BCUT2D eigenvalue weighted by molar-refractivity contribution is 7.19. The van der Waals surface area contributed by atoms with Crippen molar-refractivity contribution in [1.82, 2.24) is 4.98 Å². The third kappa shape index (κ3) is 1.45. The molecule has 0 aliphatic heterocycles. The predicted octanol–water partition coefficient (Wildman–Crippen LogP) is 3.53. The Morgan fingerprint density at radius 3 is 2.82 bits per heavy atom. The van der Waals surface area contributed by atoms with Gasteiger partial charge in [-0.05, 0) is 12.1 Å². The van der Waals surface area contributed by atoms with Crippen LogP contribution in [0.2, 0.25) is 4.34 Å². The average Bonchev–Trinajstić information content (AvgIpc) is 2.55. The molecule has 1 nitrogen and oxygen atoms in total. The third-order valence-corrected chi connectivity index (χ3v) is 3.10. The number of thiophene rings is 1. The SMILES string of the molecule is Clc1ccc(-c2cscn2)s1. The minimum atomic E-state index is 0.813. The van der Waals surface area contributed by atoms with Gasteiger partial charge in [-0.25, -0.2) is 4.98 Å². The highest BCUT2D eigenvalue weighted by Gasteiger charge is 2.01. The first-order chi connectivity index (χ1) is 5.36. The molecule has 2 aromatic heterocycles. The molecule has 0 unspecified atom stereocenters. The van der Waals surface area contributed by atoms with Gasteiger partial charge in [-0.1, -0.05) is 11.6 Å². The van der Waals surface area contributed by atoms with E-state index in [9.17, 15) is 0 Å². The lowest BCUT2D eigenvalue weighted by Gasteiger charge is -1.84. The van der Waals surface area contributed by atoms with Crippen LogP contribution in [0, 0.1) is 0 Å². The van der Waals surface area contributed by atoms with Gasteiger partial charge in [-0.2, -0.15) is 0 Å². The van der Waals surface area contributed by atoms with E-state index in [0.29, 0.717) is 0 Å². The summed E-state index contributed by atoms with van der Waals surface area (Å²) in [6.45, 7) is 0. The van der Waals surface area contributed by atoms with E-state index in [2.05, 4.69) is 4.98 Å². The molecule has 0 atom stereocenters. The van der Waals surface area contributed by atoms with Crippen LogP contribution in [0.4, 0.5) is 0 Å². The third-order valence-electron chi connectivity index (χ3n) is 1.26. The van der Waals surface area contributed by atoms with Crippen LogP contribution in [-0.4, -0.2) is 4.98 Å². The van der Waals surface area contributed by atoms with Crippen molar-refractivity contribution in [1.29, 1.82) is 0 Å². The van der Waals surface area contributed by atoms with Gasteiger partial charge in [0.05, 0.1) is 20.4 Å². The second-order valence-corrected chi connectivity index (χ2v) is 4.41. The van der Waals surface area contributed by atoms with Crippen molar-refractivity contribution >= 4 is 34.3 Å². The molecule has 0 fully saturated rings. The van der Waals surface area contributed by atoms with Crippen LogP contribution < -0.4 is 0 Å². The summed E-state index contributed by atoms with van der Waals surface area (Å²) in [4.78, 5) is 5.31. The van der Waals surface area contributed by atoms with Crippen molar-refractivity contribution < 1.29 is 0 Å². The predicted molar refractivity (Wildman–Crippen MR) is 50.4 cm³/mol. The second kappa shape index (κ2) is 2.93. The van der Waals surface area contributed by atoms with Crippen LogP contribution in [0.5, 0.6) is 0 Å². The van der Waals surface area contributed by atoms with Gasteiger partial charge in [-0.15, -0.1) is 22.7 Å². The van der Waals surface area contributed by atoms with E-state index in [1.807, 2.05) is 23.0 Å². The fourth-order valence-corrected chi connectivity index (χ4v) is 2.42. The smallest absolute Gasteiger partial charge is 0.0935 e. The number of aromatic nitrogens is 1.